The van der Waals surface area contributed by atoms with Crippen LogP contribution in [0.3, 0.4) is 0 Å². The van der Waals surface area contributed by atoms with E-state index in [1.807, 2.05) is 31.9 Å². The molecule has 0 spiro atoms. The molecule has 128 valence electrons. The maximum Gasteiger partial charge on any atom is 0.312 e. The third-order valence-electron chi connectivity index (χ3n) is 4.50. The lowest BCUT2D eigenvalue weighted by molar-refractivity contribution is -0.191. The molecule has 0 bridgehead atoms. The van der Waals surface area contributed by atoms with Gasteiger partial charge in [-0.15, -0.1) is 0 Å². The summed E-state index contributed by atoms with van der Waals surface area (Å²) in [5.74, 6) is -0.315. The number of esters is 1. The molecule has 6 heteroatoms. The van der Waals surface area contributed by atoms with Crippen molar-refractivity contribution in [1.29, 1.82) is 0 Å². The monoisotopic (exact) mass is 340 g/mol. The van der Waals surface area contributed by atoms with E-state index >= 15 is 0 Å². The maximum absolute atomic E-state index is 12.3. The zero-order chi connectivity index (χ0) is 17.2. The van der Waals surface area contributed by atoms with Crippen LogP contribution in [0.1, 0.15) is 35.1 Å². The summed E-state index contributed by atoms with van der Waals surface area (Å²) in [5, 5.41) is 2.52. The Labute approximate surface area is 142 Å². The average molecular weight is 341 g/mol. The van der Waals surface area contributed by atoms with Crippen molar-refractivity contribution in [2.45, 2.75) is 45.8 Å². The molecule has 0 aliphatic carbocycles. The van der Waals surface area contributed by atoms with Crippen molar-refractivity contribution in [3.63, 3.8) is 0 Å². The molecule has 1 fully saturated rings. The highest BCUT2D eigenvalue weighted by Gasteiger charge is 2.34. The molecule has 0 amide bonds. The lowest BCUT2D eigenvalue weighted by Gasteiger charge is -2.37. The summed E-state index contributed by atoms with van der Waals surface area (Å²) in [6, 6.07) is 1.99. The molecule has 1 aromatic carbocycles. The van der Waals surface area contributed by atoms with Crippen molar-refractivity contribution >= 4 is 17.6 Å². The van der Waals surface area contributed by atoms with Gasteiger partial charge in [0.25, 0.3) is 0 Å². The molecule has 0 saturated carbocycles. The fourth-order valence-corrected chi connectivity index (χ4v) is 3.20. The van der Waals surface area contributed by atoms with Gasteiger partial charge in [-0.1, -0.05) is 17.7 Å². The minimum Gasteiger partial charge on any atom is -0.444 e. The summed E-state index contributed by atoms with van der Waals surface area (Å²) in [6.07, 6.45) is 1.29. The summed E-state index contributed by atoms with van der Waals surface area (Å²) < 4.78 is 5.57. The predicted molar refractivity (Wildman–Crippen MR) is 90.2 cm³/mol. The Morgan fingerprint density at radius 2 is 1.91 bits per heavy atom. The summed E-state index contributed by atoms with van der Waals surface area (Å²) in [6.45, 7) is 7.17. The van der Waals surface area contributed by atoms with E-state index in [1.165, 1.54) is 0 Å². The van der Waals surface area contributed by atoms with Gasteiger partial charge < -0.3 is 9.57 Å². The first-order chi connectivity index (χ1) is 10.8. The number of hydroxylamine groups is 2. The van der Waals surface area contributed by atoms with Crippen molar-refractivity contribution in [2.75, 3.05) is 20.2 Å². The highest BCUT2D eigenvalue weighted by atomic mass is 35.5. The molecule has 0 radical (unpaired) electrons. The van der Waals surface area contributed by atoms with Crippen LogP contribution >= 0.6 is 11.6 Å². The highest BCUT2D eigenvalue weighted by Crippen LogP contribution is 2.28. The SMILES string of the molecule is CON1CCC(N)(OC(=O)Cc2c(C)cc(C)c(Cl)c2C)CC1. The van der Waals surface area contributed by atoms with Gasteiger partial charge in [0.1, 0.15) is 0 Å². The third-order valence-corrected chi connectivity index (χ3v) is 5.08. The van der Waals surface area contributed by atoms with E-state index < -0.39 is 5.72 Å². The number of carbonyl (C=O) groups excluding carboxylic acids is 1. The molecule has 1 aliphatic rings. The normalized spacial score (nSPS) is 18.0. The molecule has 2 N–H and O–H groups in total. The third kappa shape index (κ3) is 4.23. The van der Waals surface area contributed by atoms with Crippen molar-refractivity contribution < 1.29 is 14.4 Å². The molecular weight excluding hydrogens is 316 g/mol. The Morgan fingerprint density at radius 1 is 1.30 bits per heavy atom. The molecular formula is C17H25ClN2O3. The first-order valence-electron chi connectivity index (χ1n) is 7.80. The molecule has 1 saturated heterocycles. The number of hydrogen-bond acceptors (Lipinski definition) is 5. The number of piperidine rings is 1. The van der Waals surface area contributed by atoms with E-state index in [0.29, 0.717) is 31.0 Å². The average Bonchev–Trinajstić information content (AvgIpc) is 2.50. The van der Waals surface area contributed by atoms with Crippen molar-refractivity contribution in [2.24, 2.45) is 5.73 Å². The van der Waals surface area contributed by atoms with Crippen LogP contribution in [0.5, 0.6) is 0 Å². The van der Waals surface area contributed by atoms with Crippen LogP contribution in [0.2, 0.25) is 5.02 Å². The van der Waals surface area contributed by atoms with Crippen molar-refractivity contribution in [3.05, 3.63) is 33.3 Å². The quantitative estimate of drug-likeness (QED) is 0.674. The second kappa shape index (κ2) is 7.18. The van der Waals surface area contributed by atoms with Crippen LogP contribution in [0.25, 0.3) is 0 Å². The Bertz CT molecular complexity index is 596. The van der Waals surface area contributed by atoms with E-state index in [-0.39, 0.29) is 12.4 Å². The van der Waals surface area contributed by atoms with E-state index in [9.17, 15) is 4.79 Å². The van der Waals surface area contributed by atoms with E-state index in [0.717, 1.165) is 22.3 Å². The Balaban J connectivity index is 2.05. The van der Waals surface area contributed by atoms with Crippen LogP contribution in [0, 0.1) is 20.8 Å². The fourth-order valence-electron chi connectivity index (χ4n) is 3.03. The number of ether oxygens (including phenoxy) is 1. The molecule has 0 aromatic heterocycles. The standard InChI is InChI=1S/C17H25ClN2O3/c1-11-9-12(2)16(18)13(3)14(11)10-15(21)23-17(19)5-7-20(22-4)8-6-17/h9H,5-8,10,19H2,1-4H3. The summed E-state index contributed by atoms with van der Waals surface area (Å²) in [5.41, 5.74) is 9.20. The lowest BCUT2D eigenvalue weighted by atomic mass is 9.97. The molecule has 2 rings (SSSR count). The fraction of sp³-hybridized carbons (Fsp3) is 0.588. The first kappa shape index (κ1) is 18.2. The number of hydrogen-bond donors (Lipinski definition) is 1. The Kier molecular flexibility index (Phi) is 5.68. The van der Waals surface area contributed by atoms with Gasteiger partial charge in [-0.2, -0.15) is 5.06 Å². The second-order valence-electron chi connectivity index (χ2n) is 6.26. The van der Waals surface area contributed by atoms with Gasteiger partial charge in [-0.3, -0.25) is 10.5 Å². The number of benzene rings is 1. The summed E-state index contributed by atoms with van der Waals surface area (Å²) in [4.78, 5) is 17.5. The van der Waals surface area contributed by atoms with E-state index in [2.05, 4.69) is 0 Å². The van der Waals surface area contributed by atoms with Crippen LogP contribution in [0.4, 0.5) is 0 Å². The molecule has 1 aliphatic heterocycles. The number of nitrogens with two attached hydrogens (primary N) is 1. The second-order valence-corrected chi connectivity index (χ2v) is 6.63. The molecule has 23 heavy (non-hydrogen) atoms. The lowest BCUT2D eigenvalue weighted by Crippen LogP contribution is -2.53. The molecule has 0 atom stereocenters. The molecule has 1 aromatic rings. The van der Waals surface area contributed by atoms with Gasteiger partial charge in [-0.05, 0) is 43.0 Å². The van der Waals surface area contributed by atoms with Crippen LogP contribution in [-0.2, 0) is 20.8 Å². The minimum absolute atomic E-state index is 0.185. The van der Waals surface area contributed by atoms with Crippen molar-refractivity contribution in [3.8, 4) is 0 Å². The van der Waals surface area contributed by atoms with Crippen LogP contribution in [-0.4, -0.2) is 37.0 Å². The van der Waals surface area contributed by atoms with Gasteiger partial charge in [0.2, 0.25) is 0 Å². The smallest absolute Gasteiger partial charge is 0.312 e. The van der Waals surface area contributed by atoms with E-state index in [1.54, 1.807) is 7.11 Å². The zero-order valence-corrected chi connectivity index (χ0v) is 15.0. The summed E-state index contributed by atoms with van der Waals surface area (Å²) >= 11 is 6.29. The van der Waals surface area contributed by atoms with Gasteiger partial charge in [-0.25, -0.2) is 0 Å². The largest absolute Gasteiger partial charge is 0.444 e. The molecule has 5 nitrogen and oxygen atoms in total. The van der Waals surface area contributed by atoms with E-state index in [4.69, 9.17) is 26.9 Å². The van der Waals surface area contributed by atoms with Gasteiger partial charge in [0.05, 0.1) is 13.5 Å². The summed E-state index contributed by atoms with van der Waals surface area (Å²) in [7, 11) is 1.63. The van der Waals surface area contributed by atoms with Crippen LogP contribution in [0.15, 0.2) is 6.07 Å². The van der Waals surface area contributed by atoms with Crippen LogP contribution < -0.4 is 5.73 Å². The molecule has 1 heterocycles. The number of halogens is 1. The first-order valence-corrected chi connectivity index (χ1v) is 8.18. The molecule has 0 unspecified atom stereocenters. The number of carbonyl (C=O) groups is 1. The number of aryl methyl sites for hydroxylation is 2. The van der Waals surface area contributed by atoms with Crippen molar-refractivity contribution in [1.82, 2.24) is 5.06 Å². The van der Waals surface area contributed by atoms with Gasteiger partial charge in [0.15, 0.2) is 5.72 Å². The number of nitrogens with zero attached hydrogens (tertiary/aromatic N) is 1. The van der Waals surface area contributed by atoms with Gasteiger partial charge >= 0.3 is 5.97 Å². The minimum atomic E-state index is -0.914. The number of rotatable bonds is 4. The maximum atomic E-state index is 12.3. The Morgan fingerprint density at radius 3 is 2.48 bits per heavy atom. The topological polar surface area (TPSA) is 64.8 Å². The van der Waals surface area contributed by atoms with Gasteiger partial charge in [0, 0.05) is 31.0 Å². The predicted octanol–water partition coefficient (Wildman–Crippen LogP) is 2.66. The zero-order valence-electron chi connectivity index (χ0n) is 14.2. The highest BCUT2D eigenvalue weighted by molar-refractivity contribution is 6.32. The Hall–Kier alpha value is -1.14.